The third-order valence-electron chi connectivity index (χ3n) is 5.63. The Bertz CT molecular complexity index is 797. The second-order valence-electron chi connectivity index (χ2n) is 8.77. The first-order chi connectivity index (χ1) is 13.3. The van der Waals surface area contributed by atoms with E-state index < -0.39 is 12.1 Å². The van der Waals surface area contributed by atoms with Gasteiger partial charge in [0.25, 0.3) is 0 Å². The number of hydrogen-bond donors (Lipinski definition) is 0. The molecule has 0 bridgehead atoms. The van der Waals surface area contributed by atoms with Gasteiger partial charge in [-0.25, -0.2) is 0 Å². The predicted molar refractivity (Wildman–Crippen MR) is 112 cm³/mol. The molecule has 1 aliphatic heterocycles. The highest BCUT2D eigenvalue weighted by atomic mass is 16.7. The SMILES string of the molecule is CC1(C)CCCC(C)(C)N1O[C@H](c1ccccc1)[C@H](N=[N+]=[N-])c1ccccc1. The van der Waals surface area contributed by atoms with Crippen LogP contribution in [-0.4, -0.2) is 16.1 Å². The first kappa shape index (κ1) is 20.4. The molecule has 0 amide bonds. The maximum Gasteiger partial charge on any atom is 0.117 e. The van der Waals surface area contributed by atoms with Crippen molar-refractivity contribution in [1.29, 1.82) is 0 Å². The quantitative estimate of drug-likeness (QED) is 0.317. The van der Waals surface area contributed by atoms with E-state index in [1.807, 2.05) is 60.7 Å². The molecular weight excluding hydrogens is 348 g/mol. The van der Waals surface area contributed by atoms with Crippen LogP contribution < -0.4 is 0 Å². The third-order valence-corrected chi connectivity index (χ3v) is 5.63. The summed E-state index contributed by atoms with van der Waals surface area (Å²) < 4.78 is 0. The molecule has 0 radical (unpaired) electrons. The highest BCUT2D eigenvalue weighted by Crippen LogP contribution is 2.44. The minimum Gasteiger partial charge on any atom is -0.289 e. The molecule has 1 saturated heterocycles. The number of hydroxylamine groups is 2. The van der Waals surface area contributed by atoms with Gasteiger partial charge in [-0.2, -0.15) is 5.06 Å². The third kappa shape index (κ3) is 4.39. The average Bonchev–Trinajstić information content (AvgIpc) is 2.67. The molecule has 3 rings (SSSR count). The van der Waals surface area contributed by atoms with Crippen LogP contribution in [0.15, 0.2) is 65.8 Å². The summed E-state index contributed by atoms with van der Waals surface area (Å²) in [6.45, 7) is 8.89. The van der Waals surface area contributed by atoms with Crippen molar-refractivity contribution in [2.75, 3.05) is 0 Å². The highest BCUT2D eigenvalue weighted by Gasteiger charge is 2.44. The molecule has 0 spiro atoms. The van der Waals surface area contributed by atoms with Crippen LogP contribution >= 0.6 is 0 Å². The highest BCUT2D eigenvalue weighted by molar-refractivity contribution is 5.26. The van der Waals surface area contributed by atoms with Gasteiger partial charge in [-0.3, -0.25) is 4.84 Å². The zero-order valence-electron chi connectivity index (χ0n) is 17.2. The van der Waals surface area contributed by atoms with Crippen LogP contribution in [0.5, 0.6) is 0 Å². The monoisotopic (exact) mass is 378 g/mol. The largest absolute Gasteiger partial charge is 0.289 e. The molecule has 148 valence electrons. The maximum absolute atomic E-state index is 9.29. The first-order valence-electron chi connectivity index (χ1n) is 9.96. The van der Waals surface area contributed by atoms with Crippen molar-refractivity contribution in [3.63, 3.8) is 0 Å². The van der Waals surface area contributed by atoms with Crippen molar-refractivity contribution in [3.05, 3.63) is 82.2 Å². The van der Waals surface area contributed by atoms with Crippen molar-refractivity contribution < 1.29 is 4.84 Å². The Morgan fingerprint density at radius 2 is 1.39 bits per heavy atom. The fraction of sp³-hybridized carbons (Fsp3) is 0.478. The number of rotatable bonds is 6. The molecule has 1 aliphatic rings. The number of piperidine rings is 1. The van der Waals surface area contributed by atoms with Gasteiger partial charge in [0, 0.05) is 16.0 Å². The topological polar surface area (TPSA) is 61.2 Å². The number of benzene rings is 2. The fourth-order valence-electron chi connectivity index (χ4n) is 4.33. The van der Waals surface area contributed by atoms with E-state index in [9.17, 15) is 5.53 Å². The normalized spacial score (nSPS) is 20.7. The van der Waals surface area contributed by atoms with Crippen LogP contribution in [-0.2, 0) is 4.84 Å². The lowest BCUT2D eigenvalue weighted by Gasteiger charge is -2.52. The van der Waals surface area contributed by atoms with Crippen molar-refractivity contribution >= 4 is 0 Å². The Morgan fingerprint density at radius 1 is 0.893 bits per heavy atom. The molecule has 2 aromatic carbocycles. The Kier molecular flexibility index (Phi) is 6.09. The molecule has 28 heavy (non-hydrogen) atoms. The summed E-state index contributed by atoms with van der Waals surface area (Å²) in [5.41, 5.74) is 11.0. The van der Waals surface area contributed by atoms with E-state index in [2.05, 4.69) is 42.8 Å². The summed E-state index contributed by atoms with van der Waals surface area (Å²) in [5.74, 6) is 0. The average molecular weight is 379 g/mol. The first-order valence-corrected chi connectivity index (χ1v) is 9.96. The summed E-state index contributed by atoms with van der Waals surface area (Å²) in [7, 11) is 0. The maximum atomic E-state index is 9.29. The van der Waals surface area contributed by atoms with Gasteiger partial charge in [0.15, 0.2) is 0 Å². The summed E-state index contributed by atoms with van der Waals surface area (Å²) in [5, 5.41) is 6.30. The van der Waals surface area contributed by atoms with Gasteiger partial charge in [-0.15, -0.1) is 0 Å². The van der Waals surface area contributed by atoms with E-state index in [4.69, 9.17) is 4.84 Å². The van der Waals surface area contributed by atoms with Crippen LogP contribution in [0, 0.1) is 0 Å². The van der Waals surface area contributed by atoms with Gasteiger partial charge in [-0.1, -0.05) is 65.8 Å². The second-order valence-corrected chi connectivity index (χ2v) is 8.77. The molecule has 0 saturated carbocycles. The standard InChI is InChI=1S/C23H30N4O/c1-22(2)16-11-17-23(3,4)27(22)28-21(19-14-9-6-10-15-19)20(25-26-24)18-12-7-5-8-13-18/h5-10,12-15,20-21H,11,16-17H2,1-4H3/t20-,21-/m1/s1. The van der Waals surface area contributed by atoms with Gasteiger partial charge in [-0.05, 0) is 63.6 Å². The van der Waals surface area contributed by atoms with Gasteiger partial charge in [0.05, 0.1) is 6.04 Å². The lowest BCUT2D eigenvalue weighted by molar-refractivity contribution is -0.310. The van der Waals surface area contributed by atoms with Crippen LogP contribution in [0.4, 0.5) is 0 Å². The van der Waals surface area contributed by atoms with E-state index in [0.29, 0.717) is 0 Å². The minimum absolute atomic E-state index is 0.105. The van der Waals surface area contributed by atoms with E-state index in [1.165, 1.54) is 6.42 Å². The Hall–Kier alpha value is -2.33. The van der Waals surface area contributed by atoms with Gasteiger partial charge in [0.2, 0.25) is 0 Å². The van der Waals surface area contributed by atoms with Crippen LogP contribution in [0.3, 0.4) is 0 Å². The Labute approximate surface area is 167 Å². The van der Waals surface area contributed by atoms with Crippen LogP contribution in [0.25, 0.3) is 10.4 Å². The molecule has 5 heteroatoms. The van der Waals surface area contributed by atoms with Crippen molar-refractivity contribution in [2.45, 2.75) is 70.2 Å². The molecule has 0 N–H and O–H groups in total. The minimum atomic E-state index is -0.456. The van der Waals surface area contributed by atoms with Crippen LogP contribution in [0.2, 0.25) is 0 Å². The fourth-order valence-corrected chi connectivity index (χ4v) is 4.33. The van der Waals surface area contributed by atoms with Gasteiger partial charge >= 0.3 is 0 Å². The summed E-state index contributed by atoms with van der Waals surface area (Å²) in [4.78, 5) is 9.90. The predicted octanol–water partition coefficient (Wildman–Crippen LogP) is 6.75. The van der Waals surface area contributed by atoms with Crippen molar-refractivity contribution in [1.82, 2.24) is 5.06 Å². The number of azide groups is 1. The Morgan fingerprint density at radius 3 is 1.89 bits per heavy atom. The number of nitrogens with zero attached hydrogens (tertiary/aromatic N) is 4. The molecule has 2 atom stereocenters. The molecular formula is C23H30N4O. The second kappa shape index (κ2) is 8.36. The molecule has 0 aliphatic carbocycles. The lowest BCUT2D eigenvalue weighted by Crippen LogP contribution is -2.58. The van der Waals surface area contributed by atoms with Crippen molar-refractivity contribution in [2.24, 2.45) is 5.11 Å². The smallest absolute Gasteiger partial charge is 0.117 e. The van der Waals surface area contributed by atoms with E-state index in [1.54, 1.807) is 0 Å². The molecule has 0 aromatic heterocycles. The molecule has 1 heterocycles. The van der Waals surface area contributed by atoms with E-state index in [-0.39, 0.29) is 11.1 Å². The molecule has 0 unspecified atom stereocenters. The Balaban J connectivity index is 2.05. The molecule has 2 aromatic rings. The zero-order chi connectivity index (χ0) is 20.2. The molecule has 5 nitrogen and oxygen atoms in total. The van der Waals surface area contributed by atoms with Crippen molar-refractivity contribution in [3.8, 4) is 0 Å². The van der Waals surface area contributed by atoms with Gasteiger partial charge in [0.1, 0.15) is 6.10 Å². The summed E-state index contributed by atoms with van der Waals surface area (Å²) >= 11 is 0. The number of hydrogen-bond acceptors (Lipinski definition) is 3. The lowest BCUT2D eigenvalue weighted by atomic mass is 9.82. The van der Waals surface area contributed by atoms with E-state index >= 15 is 0 Å². The summed E-state index contributed by atoms with van der Waals surface area (Å²) in [6.07, 6.45) is 2.90. The summed E-state index contributed by atoms with van der Waals surface area (Å²) in [6, 6.07) is 19.5. The zero-order valence-corrected chi connectivity index (χ0v) is 17.2. The van der Waals surface area contributed by atoms with Gasteiger partial charge < -0.3 is 0 Å². The van der Waals surface area contributed by atoms with E-state index in [0.717, 1.165) is 24.0 Å². The van der Waals surface area contributed by atoms with Crippen LogP contribution in [0.1, 0.15) is 70.2 Å². The molecule has 1 fully saturated rings.